The molecule has 0 amide bonds. The van der Waals surface area contributed by atoms with Gasteiger partial charge in [-0.15, -0.1) is 0 Å². The number of phenols is 1. The number of hydrogen-bond acceptors (Lipinski definition) is 5. The minimum atomic E-state index is -0.183. The minimum Gasteiger partial charge on any atom is -0.506 e. The van der Waals surface area contributed by atoms with E-state index in [0.717, 1.165) is 17.4 Å². The summed E-state index contributed by atoms with van der Waals surface area (Å²) >= 11 is 0. The van der Waals surface area contributed by atoms with Crippen LogP contribution in [0.15, 0.2) is 24.3 Å². The summed E-state index contributed by atoms with van der Waals surface area (Å²) in [6.07, 6.45) is 0.776. The lowest BCUT2D eigenvalue weighted by Gasteiger charge is -2.08. The van der Waals surface area contributed by atoms with E-state index in [1.807, 2.05) is 12.1 Å². The maximum atomic E-state index is 11.6. The lowest BCUT2D eigenvalue weighted by Crippen LogP contribution is -2.04. The zero-order valence-electron chi connectivity index (χ0n) is 11.3. The van der Waals surface area contributed by atoms with Gasteiger partial charge in [0.1, 0.15) is 11.3 Å². The smallest absolute Gasteiger partial charge is 0.309 e. The number of methoxy groups -OCH3 is 2. The number of aromatic hydroxyl groups is 1. The Hall–Kier alpha value is -2.30. The second-order valence-electron chi connectivity index (χ2n) is 4.90. The minimum absolute atomic E-state index is 0.0881. The molecule has 0 saturated heterocycles. The fourth-order valence-electron chi connectivity index (χ4n) is 2.59. The summed E-state index contributed by atoms with van der Waals surface area (Å²) < 4.78 is 9.85. The molecule has 0 radical (unpaired) electrons. The summed E-state index contributed by atoms with van der Waals surface area (Å²) in [5, 5.41) is 10.8. The molecule has 0 aliphatic heterocycles. The molecule has 1 aromatic heterocycles. The molecule has 0 spiro atoms. The Balaban J connectivity index is 2.05. The van der Waals surface area contributed by atoms with E-state index in [4.69, 9.17) is 9.47 Å². The molecule has 2 aromatic rings. The molecule has 1 N–H and O–H groups in total. The highest BCUT2D eigenvalue weighted by Gasteiger charge is 2.45. The Kier molecular flexibility index (Phi) is 2.97. The van der Waals surface area contributed by atoms with E-state index in [9.17, 15) is 9.90 Å². The van der Waals surface area contributed by atoms with Gasteiger partial charge in [-0.1, -0.05) is 6.07 Å². The maximum Gasteiger partial charge on any atom is 0.309 e. The van der Waals surface area contributed by atoms with Crippen molar-refractivity contribution in [3.8, 4) is 11.6 Å². The summed E-state index contributed by atoms with van der Waals surface area (Å²) in [6.45, 7) is 0. The molecule has 1 aliphatic carbocycles. The molecule has 1 aliphatic rings. The molecule has 5 nitrogen and oxygen atoms in total. The number of benzene rings is 1. The van der Waals surface area contributed by atoms with Crippen molar-refractivity contribution in [3.63, 3.8) is 0 Å². The fraction of sp³-hybridized carbons (Fsp3) is 0.333. The third-order valence-electron chi connectivity index (χ3n) is 3.75. The van der Waals surface area contributed by atoms with Gasteiger partial charge in [-0.25, -0.2) is 4.98 Å². The molecule has 5 heteroatoms. The van der Waals surface area contributed by atoms with Crippen molar-refractivity contribution in [1.82, 2.24) is 4.98 Å². The van der Waals surface area contributed by atoms with E-state index >= 15 is 0 Å². The van der Waals surface area contributed by atoms with Crippen LogP contribution in [0.2, 0.25) is 0 Å². The first-order valence-corrected chi connectivity index (χ1v) is 6.40. The lowest BCUT2D eigenvalue weighted by atomic mass is 10.0. The van der Waals surface area contributed by atoms with Gasteiger partial charge in [0.2, 0.25) is 5.88 Å². The van der Waals surface area contributed by atoms with Crippen molar-refractivity contribution in [2.45, 2.75) is 12.3 Å². The highest BCUT2D eigenvalue weighted by Crippen LogP contribution is 2.50. The Bertz CT molecular complexity index is 683. The van der Waals surface area contributed by atoms with E-state index in [0.29, 0.717) is 11.4 Å². The molecular formula is C15H15NO4. The largest absolute Gasteiger partial charge is 0.506 e. The van der Waals surface area contributed by atoms with E-state index in [1.54, 1.807) is 12.1 Å². The highest BCUT2D eigenvalue weighted by molar-refractivity contribution is 5.90. The molecule has 1 fully saturated rings. The molecule has 1 saturated carbocycles. The number of nitrogens with zero attached hydrogens (tertiary/aromatic N) is 1. The molecule has 20 heavy (non-hydrogen) atoms. The number of aromatic nitrogens is 1. The number of phenolic OH excluding ortho intramolecular Hbond substituents is 1. The van der Waals surface area contributed by atoms with Gasteiger partial charge in [0.25, 0.3) is 0 Å². The number of esters is 1. The standard InChI is InChI=1S/C15H15NO4/c1-19-13-6-4-9-8(3-5-12(17)14(9)16-13)10-7-11(10)15(18)20-2/h3-6,10-11,17H,7H2,1-2H3. The van der Waals surface area contributed by atoms with Crippen LogP contribution in [0.4, 0.5) is 0 Å². The third kappa shape index (κ3) is 1.95. The molecule has 1 aromatic carbocycles. The second kappa shape index (κ2) is 4.67. The van der Waals surface area contributed by atoms with Gasteiger partial charge in [-0.3, -0.25) is 4.79 Å². The fourth-order valence-corrected chi connectivity index (χ4v) is 2.59. The second-order valence-corrected chi connectivity index (χ2v) is 4.90. The number of pyridine rings is 1. The van der Waals surface area contributed by atoms with Crippen LogP contribution < -0.4 is 4.74 Å². The molecule has 0 bridgehead atoms. The van der Waals surface area contributed by atoms with Gasteiger partial charge in [0.15, 0.2) is 0 Å². The molecular weight excluding hydrogens is 258 g/mol. The lowest BCUT2D eigenvalue weighted by molar-refractivity contribution is -0.142. The first kappa shape index (κ1) is 12.7. The van der Waals surface area contributed by atoms with Crippen LogP contribution in [0.5, 0.6) is 11.6 Å². The first-order valence-electron chi connectivity index (χ1n) is 6.40. The van der Waals surface area contributed by atoms with Crippen molar-refractivity contribution in [2.24, 2.45) is 5.92 Å². The molecule has 104 valence electrons. The molecule has 2 atom stereocenters. The first-order chi connectivity index (χ1) is 9.65. The van der Waals surface area contributed by atoms with Crippen LogP contribution in [-0.2, 0) is 9.53 Å². The Morgan fingerprint density at radius 1 is 1.30 bits per heavy atom. The predicted octanol–water partition coefficient (Wildman–Crippen LogP) is 2.23. The molecule has 3 rings (SSSR count). The SMILES string of the molecule is COC(=O)C1CC1c1ccc(O)c2nc(OC)ccc12. The maximum absolute atomic E-state index is 11.6. The summed E-state index contributed by atoms with van der Waals surface area (Å²) in [5.74, 6) is 0.427. The number of rotatable bonds is 3. The van der Waals surface area contributed by atoms with Crippen molar-refractivity contribution >= 4 is 16.9 Å². The van der Waals surface area contributed by atoms with Crippen LogP contribution in [0, 0.1) is 5.92 Å². The number of ether oxygens (including phenoxy) is 2. The zero-order valence-corrected chi connectivity index (χ0v) is 11.3. The van der Waals surface area contributed by atoms with Crippen molar-refractivity contribution in [3.05, 3.63) is 29.8 Å². The Morgan fingerprint density at radius 3 is 2.80 bits per heavy atom. The number of carbonyl (C=O) groups excluding carboxylic acids is 1. The molecule has 2 unspecified atom stereocenters. The van der Waals surface area contributed by atoms with Crippen molar-refractivity contribution in [2.75, 3.05) is 14.2 Å². The number of fused-ring (bicyclic) bond motifs is 1. The van der Waals surface area contributed by atoms with Crippen LogP contribution in [-0.4, -0.2) is 30.3 Å². The third-order valence-corrected chi connectivity index (χ3v) is 3.75. The van der Waals surface area contributed by atoms with Gasteiger partial charge < -0.3 is 14.6 Å². The average molecular weight is 273 g/mol. The van der Waals surface area contributed by atoms with Crippen LogP contribution in [0.3, 0.4) is 0 Å². The Labute approximate surface area is 116 Å². The van der Waals surface area contributed by atoms with Gasteiger partial charge in [-0.2, -0.15) is 0 Å². The summed E-state index contributed by atoms with van der Waals surface area (Å²) in [6, 6.07) is 7.07. The van der Waals surface area contributed by atoms with Crippen LogP contribution in [0.25, 0.3) is 10.9 Å². The van der Waals surface area contributed by atoms with E-state index in [1.165, 1.54) is 14.2 Å². The monoisotopic (exact) mass is 273 g/mol. The normalized spacial score (nSPS) is 20.7. The van der Waals surface area contributed by atoms with E-state index < -0.39 is 0 Å². The predicted molar refractivity (Wildman–Crippen MR) is 72.8 cm³/mol. The van der Waals surface area contributed by atoms with E-state index in [-0.39, 0.29) is 23.6 Å². The van der Waals surface area contributed by atoms with Crippen LogP contribution in [0.1, 0.15) is 17.9 Å². The topological polar surface area (TPSA) is 68.7 Å². The summed E-state index contributed by atoms with van der Waals surface area (Å²) in [4.78, 5) is 15.8. The van der Waals surface area contributed by atoms with Gasteiger partial charge in [0.05, 0.1) is 20.1 Å². The highest BCUT2D eigenvalue weighted by atomic mass is 16.5. The molecule has 1 heterocycles. The van der Waals surface area contributed by atoms with E-state index in [2.05, 4.69) is 4.98 Å². The van der Waals surface area contributed by atoms with Crippen LogP contribution >= 0.6 is 0 Å². The zero-order chi connectivity index (χ0) is 14.3. The van der Waals surface area contributed by atoms with Crippen molar-refractivity contribution < 1.29 is 19.4 Å². The Morgan fingerprint density at radius 2 is 2.10 bits per heavy atom. The van der Waals surface area contributed by atoms with Crippen molar-refractivity contribution in [1.29, 1.82) is 0 Å². The van der Waals surface area contributed by atoms with Gasteiger partial charge in [0, 0.05) is 11.5 Å². The number of hydrogen-bond donors (Lipinski definition) is 1. The summed E-state index contributed by atoms with van der Waals surface area (Å²) in [7, 11) is 2.93. The number of carbonyl (C=O) groups is 1. The van der Waals surface area contributed by atoms with Gasteiger partial charge >= 0.3 is 5.97 Å². The summed E-state index contributed by atoms with van der Waals surface area (Å²) in [5.41, 5.74) is 1.51. The van der Waals surface area contributed by atoms with Gasteiger partial charge in [-0.05, 0) is 30.0 Å². The quantitative estimate of drug-likeness (QED) is 0.868. The average Bonchev–Trinajstić information content (AvgIpc) is 3.27.